The lowest BCUT2D eigenvalue weighted by Crippen LogP contribution is -2.27. The van der Waals surface area contributed by atoms with Gasteiger partial charge in [0.1, 0.15) is 5.37 Å². The SMILES string of the molecule is CCc1ccc(N2C(=O)CSC2c2ccc(NC(=O)CC(C)C)cc2)cc1. The lowest BCUT2D eigenvalue weighted by atomic mass is 10.1. The van der Waals surface area contributed by atoms with Crippen molar-refractivity contribution in [3.63, 3.8) is 0 Å². The fraction of sp³-hybridized carbons (Fsp3) is 0.364. The summed E-state index contributed by atoms with van der Waals surface area (Å²) in [5.74, 6) is 0.967. The Morgan fingerprint density at radius 3 is 2.41 bits per heavy atom. The van der Waals surface area contributed by atoms with Crippen LogP contribution in [0.2, 0.25) is 0 Å². The van der Waals surface area contributed by atoms with Crippen LogP contribution in [0.5, 0.6) is 0 Å². The van der Waals surface area contributed by atoms with Crippen LogP contribution in [0, 0.1) is 5.92 Å². The molecule has 4 nitrogen and oxygen atoms in total. The van der Waals surface area contributed by atoms with Gasteiger partial charge in [-0.2, -0.15) is 0 Å². The van der Waals surface area contributed by atoms with Gasteiger partial charge in [-0.25, -0.2) is 0 Å². The molecule has 1 unspecified atom stereocenters. The second-order valence-electron chi connectivity index (χ2n) is 7.22. The molecule has 0 aliphatic carbocycles. The Balaban J connectivity index is 1.75. The molecule has 0 radical (unpaired) electrons. The standard InChI is InChI=1S/C22H26N2O2S/c1-4-16-5-11-19(12-6-16)24-21(26)14-27-22(24)17-7-9-18(10-8-17)23-20(25)13-15(2)3/h5-12,15,22H,4,13-14H2,1-3H3,(H,23,25). The van der Waals surface area contributed by atoms with Crippen LogP contribution in [0.25, 0.3) is 0 Å². The first-order valence-electron chi connectivity index (χ1n) is 9.40. The average molecular weight is 383 g/mol. The minimum Gasteiger partial charge on any atom is -0.326 e. The maximum atomic E-state index is 12.5. The lowest BCUT2D eigenvalue weighted by Gasteiger charge is -2.24. The number of amides is 2. The highest BCUT2D eigenvalue weighted by Crippen LogP contribution is 2.42. The number of anilines is 2. The van der Waals surface area contributed by atoms with Crippen molar-refractivity contribution in [2.75, 3.05) is 16.0 Å². The van der Waals surface area contributed by atoms with Crippen LogP contribution in [-0.2, 0) is 16.0 Å². The number of thioether (sulfide) groups is 1. The van der Waals surface area contributed by atoms with Crippen LogP contribution in [-0.4, -0.2) is 17.6 Å². The van der Waals surface area contributed by atoms with E-state index in [1.54, 1.807) is 11.8 Å². The van der Waals surface area contributed by atoms with Crippen LogP contribution in [0.3, 0.4) is 0 Å². The highest BCUT2D eigenvalue weighted by atomic mass is 32.2. The molecule has 142 valence electrons. The minimum atomic E-state index is -0.0367. The molecule has 1 fully saturated rings. The highest BCUT2D eigenvalue weighted by Gasteiger charge is 2.33. The molecule has 0 saturated carbocycles. The summed E-state index contributed by atoms with van der Waals surface area (Å²) < 4.78 is 0. The van der Waals surface area contributed by atoms with Crippen molar-refractivity contribution in [3.8, 4) is 0 Å². The maximum Gasteiger partial charge on any atom is 0.238 e. The molecule has 2 aromatic rings. The van der Waals surface area contributed by atoms with Crippen LogP contribution >= 0.6 is 11.8 Å². The Morgan fingerprint density at radius 2 is 1.81 bits per heavy atom. The number of hydrogen-bond donors (Lipinski definition) is 1. The molecule has 3 rings (SSSR count). The largest absolute Gasteiger partial charge is 0.326 e. The normalized spacial score (nSPS) is 16.8. The predicted molar refractivity (Wildman–Crippen MR) is 113 cm³/mol. The molecule has 0 bridgehead atoms. The van der Waals surface area contributed by atoms with Crippen molar-refractivity contribution >= 4 is 35.0 Å². The molecule has 0 spiro atoms. The van der Waals surface area contributed by atoms with E-state index in [0.717, 1.165) is 23.4 Å². The second kappa shape index (κ2) is 8.61. The first-order valence-corrected chi connectivity index (χ1v) is 10.4. The van der Waals surface area contributed by atoms with Crippen LogP contribution in [0.15, 0.2) is 48.5 Å². The van der Waals surface area contributed by atoms with Gasteiger partial charge in [0.15, 0.2) is 0 Å². The predicted octanol–water partition coefficient (Wildman–Crippen LogP) is 5.01. The topological polar surface area (TPSA) is 49.4 Å². The number of nitrogens with one attached hydrogen (secondary N) is 1. The highest BCUT2D eigenvalue weighted by molar-refractivity contribution is 8.00. The number of nitrogens with zero attached hydrogens (tertiary/aromatic N) is 1. The van der Waals surface area contributed by atoms with Gasteiger partial charge in [0.25, 0.3) is 0 Å². The van der Waals surface area contributed by atoms with Crippen molar-refractivity contribution in [1.29, 1.82) is 0 Å². The molecule has 1 N–H and O–H groups in total. The molecule has 1 saturated heterocycles. The summed E-state index contributed by atoms with van der Waals surface area (Å²) in [6.07, 6.45) is 1.49. The minimum absolute atomic E-state index is 0.0285. The summed E-state index contributed by atoms with van der Waals surface area (Å²) in [5, 5.41) is 2.89. The smallest absolute Gasteiger partial charge is 0.238 e. The summed E-state index contributed by atoms with van der Waals surface area (Å²) in [6.45, 7) is 6.17. The second-order valence-corrected chi connectivity index (χ2v) is 8.28. The summed E-state index contributed by atoms with van der Waals surface area (Å²) in [6, 6.07) is 16.0. The van der Waals surface area contributed by atoms with Crippen molar-refractivity contribution in [2.24, 2.45) is 5.92 Å². The first kappa shape index (κ1) is 19.5. The fourth-order valence-electron chi connectivity index (χ4n) is 3.16. The summed E-state index contributed by atoms with van der Waals surface area (Å²) in [5.41, 5.74) is 4.04. The zero-order valence-electron chi connectivity index (χ0n) is 16.1. The molecule has 2 amide bonds. The number of benzene rings is 2. The van der Waals surface area contributed by atoms with Crippen LogP contribution < -0.4 is 10.2 Å². The van der Waals surface area contributed by atoms with E-state index in [9.17, 15) is 9.59 Å². The maximum absolute atomic E-state index is 12.5. The van der Waals surface area contributed by atoms with E-state index >= 15 is 0 Å². The number of carbonyl (C=O) groups excluding carboxylic acids is 2. The van der Waals surface area contributed by atoms with Gasteiger partial charge in [-0.05, 0) is 47.7 Å². The number of carbonyl (C=O) groups is 2. The molecule has 1 atom stereocenters. The fourth-order valence-corrected chi connectivity index (χ4v) is 4.33. The Labute approximate surface area is 165 Å². The Morgan fingerprint density at radius 1 is 1.15 bits per heavy atom. The van der Waals surface area contributed by atoms with Gasteiger partial charge in [-0.1, -0.05) is 45.0 Å². The Bertz CT molecular complexity index is 800. The molecular formula is C22H26N2O2S. The van der Waals surface area contributed by atoms with Gasteiger partial charge in [0, 0.05) is 17.8 Å². The molecule has 1 heterocycles. The van der Waals surface area contributed by atoms with Gasteiger partial charge < -0.3 is 5.32 Å². The number of aryl methyl sites for hydroxylation is 1. The molecular weight excluding hydrogens is 356 g/mol. The third-order valence-corrected chi connectivity index (χ3v) is 5.78. The van der Waals surface area contributed by atoms with Crippen LogP contribution in [0.1, 0.15) is 43.7 Å². The van der Waals surface area contributed by atoms with E-state index in [1.165, 1.54) is 5.56 Å². The molecule has 5 heteroatoms. The van der Waals surface area contributed by atoms with Gasteiger partial charge in [-0.3, -0.25) is 14.5 Å². The van der Waals surface area contributed by atoms with Crippen molar-refractivity contribution in [3.05, 3.63) is 59.7 Å². The number of rotatable bonds is 6. The zero-order chi connectivity index (χ0) is 19.4. The molecule has 27 heavy (non-hydrogen) atoms. The van der Waals surface area contributed by atoms with E-state index < -0.39 is 0 Å². The molecule has 2 aromatic carbocycles. The lowest BCUT2D eigenvalue weighted by molar-refractivity contribution is -0.117. The van der Waals surface area contributed by atoms with Gasteiger partial charge in [-0.15, -0.1) is 11.8 Å². The van der Waals surface area contributed by atoms with Gasteiger partial charge in [0.2, 0.25) is 11.8 Å². The molecule has 0 aromatic heterocycles. The summed E-state index contributed by atoms with van der Waals surface area (Å²) in [7, 11) is 0. The first-order chi connectivity index (χ1) is 13.0. The third-order valence-electron chi connectivity index (χ3n) is 4.56. The zero-order valence-corrected chi connectivity index (χ0v) is 16.9. The average Bonchev–Trinajstić information content (AvgIpc) is 3.03. The summed E-state index contributed by atoms with van der Waals surface area (Å²) >= 11 is 1.63. The van der Waals surface area contributed by atoms with Crippen molar-refractivity contribution in [2.45, 2.75) is 39.0 Å². The van der Waals surface area contributed by atoms with E-state index in [0.29, 0.717) is 18.1 Å². The third kappa shape index (κ3) is 4.72. The number of hydrogen-bond acceptors (Lipinski definition) is 3. The van der Waals surface area contributed by atoms with Crippen molar-refractivity contribution in [1.82, 2.24) is 0 Å². The Hall–Kier alpha value is -2.27. The van der Waals surface area contributed by atoms with E-state index in [-0.39, 0.29) is 17.2 Å². The quantitative estimate of drug-likeness (QED) is 0.764. The van der Waals surface area contributed by atoms with Gasteiger partial charge >= 0.3 is 0 Å². The van der Waals surface area contributed by atoms with Gasteiger partial charge in [0.05, 0.1) is 5.75 Å². The van der Waals surface area contributed by atoms with E-state index in [4.69, 9.17) is 0 Å². The van der Waals surface area contributed by atoms with Crippen LogP contribution in [0.4, 0.5) is 11.4 Å². The summed E-state index contributed by atoms with van der Waals surface area (Å²) in [4.78, 5) is 26.3. The van der Waals surface area contributed by atoms with E-state index in [2.05, 4.69) is 24.4 Å². The molecule has 1 aliphatic heterocycles. The van der Waals surface area contributed by atoms with E-state index in [1.807, 2.05) is 55.1 Å². The monoisotopic (exact) mass is 382 g/mol. The Kier molecular flexibility index (Phi) is 6.22. The van der Waals surface area contributed by atoms with Crippen molar-refractivity contribution < 1.29 is 9.59 Å². The molecule has 1 aliphatic rings.